The van der Waals surface area contributed by atoms with Gasteiger partial charge in [-0.1, -0.05) is 0 Å². The van der Waals surface area contributed by atoms with E-state index in [1.807, 2.05) is 0 Å². The lowest BCUT2D eigenvalue weighted by atomic mass is 10.1. The van der Waals surface area contributed by atoms with Gasteiger partial charge in [-0.2, -0.15) is 0 Å². The molecule has 0 rings (SSSR count). The topological polar surface area (TPSA) is 68.3 Å². The van der Waals surface area contributed by atoms with Gasteiger partial charge in [0.15, 0.2) is 25.1 Å². The summed E-state index contributed by atoms with van der Waals surface area (Å²) in [5, 5.41) is 0. The van der Waals surface area contributed by atoms with E-state index in [2.05, 4.69) is 47.4 Å². The lowest BCUT2D eigenvalue weighted by Crippen LogP contribution is -1.85. The Hall–Kier alpha value is -3.34. The molecule has 0 unspecified atom stereocenters. The Morgan fingerprint density at radius 3 is 0.889 bits per heavy atom. The van der Waals surface area contributed by atoms with Crippen molar-refractivity contribution in [1.82, 2.24) is 0 Å². The van der Waals surface area contributed by atoms with Crippen LogP contribution in [-0.2, 0) is 19.2 Å². The molecule has 0 N–H and O–H groups in total. The van der Waals surface area contributed by atoms with Crippen LogP contribution in [0.5, 0.6) is 0 Å². The van der Waals surface area contributed by atoms with Gasteiger partial charge < -0.3 is 0 Å². The standard InChI is InChI=1S/C14H4O4/c15-9-1-5-13(6-2-10-16)14(7-3-11-17)8-4-12-18/h9-12H. The molecule has 0 aromatic rings. The fourth-order valence-electron chi connectivity index (χ4n) is 0.719. The molecule has 0 spiro atoms. The Morgan fingerprint density at radius 1 is 0.500 bits per heavy atom. The van der Waals surface area contributed by atoms with Crippen LogP contribution in [0.25, 0.3) is 0 Å². The highest BCUT2D eigenvalue weighted by atomic mass is 16.1. The minimum Gasteiger partial charge on any atom is -0.289 e. The van der Waals surface area contributed by atoms with Gasteiger partial charge in [0.1, 0.15) is 0 Å². The lowest BCUT2D eigenvalue weighted by Gasteiger charge is -1.88. The van der Waals surface area contributed by atoms with E-state index in [1.54, 1.807) is 0 Å². The molecule has 0 saturated carbocycles. The van der Waals surface area contributed by atoms with E-state index >= 15 is 0 Å². The Labute approximate surface area is 103 Å². The normalized spacial score (nSPS) is 6.00. The maximum atomic E-state index is 10.1. The highest BCUT2D eigenvalue weighted by Gasteiger charge is 1.96. The number of allylic oxidation sites excluding steroid dienone is 2. The Bertz CT molecular complexity index is 521. The Kier molecular flexibility index (Phi) is 8.30. The molecule has 0 aliphatic carbocycles. The fraction of sp³-hybridized carbons (Fsp3) is 0. The predicted octanol–water partition coefficient (Wildman–Crippen LogP) is -0.908. The third-order valence-corrected chi connectivity index (χ3v) is 1.27. The van der Waals surface area contributed by atoms with Gasteiger partial charge >= 0.3 is 0 Å². The molecule has 84 valence electrons. The van der Waals surface area contributed by atoms with Crippen molar-refractivity contribution in [2.75, 3.05) is 0 Å². The molecule has 0 radical (unpaired) electrons. The van der Waals surface area contributed by atoms with Crippen LogP contribution in [0.2, 0.25) is 0 Å². The minimum absolute atomic E-state index is 0.0158. The van der Waals surface area contributed by atoms with Gasteiger partial charge in [-0.25, -0.2) is 0 Å². The second kappa shape index (κ2) is 10.2. The third-order valence-electron chi connectivity index (χ3n) is 1.27. The van der Waals surface area contributed by atoms with Crippen LogP contribution in [0.3, 0.4) is 0 Å². The molecule has 0 fully saturated rings. The number of rotatable bonds is 0. The van der Waals surface area contributed by atoms with Gasteiger partial charge in [-0.15, -0.1) is 0 Å². The van der Waals surface area contributed by atoms with E-state index in [0.717, 1.165) is 0 Å². The largest absolute Gasteiger partial charge is 0.289 e. The Morgan fingerprint density at radius 2 is 0.722 bits per heavy atom. The van der Waals surface area contributed by atoms with Gasteiger partial charge in [-0.3, -0.25) is 19.2 Å². The number of carbonyl (C=O) groups is 4. The summed E-state index contributed by atoms with van der Waals surface area (Å²) in [5.74, 6) is 17.5. The average Bonchev–Trinajstić information content (AvgIpc) is 2.40. The molecular weight excluding hydrogens is 232 g/mol. The van der Waals surface area contributed by atoms with E-state index in [-0.39, 0.29) is 11.1 Å². The molecule has 0 atom stereocenters. The lowest BCUT2D eigenvalue weighted by molar-refractivity contribution is -0.104. The molecular formula is C14H4O4. The molecule has 4 nitrogen and oxygen atoms in total. The maximum absolute atomic E-state index is 10.1. The van der Waals surface area contributed by atoms with E-state index in [4.69, 9.17) is 0 Å². The summed E-state index contributed by atoms with van der Waals surface area (Å²) < 4.78 is 0. The first-order valence-corrected chi connectivity index (χ1v) is 4.35. The summed E-state index contributed by atoms with van der Waals surface area (Å²) >= 11 is 0. The van der Waals surface area contributed by atoms with Crippen LogP contribution < -0.4 is 0 Å². The molecule has 0 aromatic carbocycles. The number of hydrogen-bond acceptors (Lipinski definition) is 4. The molecule has 0 amide bonds. The molecule has 0 aliphatic rings. The van der Waals surface area contributed by atoms with Gasteiger partial charge in [0.25, 0.3) is 0 Å². The summed E-state index contributed by atoms with van der Waals surface area (Å²) in [4.78, 5) is 40.5. The van der Waals surface area contributed by atoms with Crippen molar-refractivity contribution < 1.29 is 19.2 Å². The summed E-state index contributed by atoms with van der Waals surface area (Å²) in [6, 6.07) is 0. The summed E-state index contributed by atoms with van der Waals surface area (Å²) in [6.45, 7) is 0. The van der Waals surface area contributed by atoms with Crippen LogP contribution in [-0.4, -0.2) is 25.1 Å². The highest BCUT2D eigenvalue weighted by Crippen LogP contribution is 2.00. The van der Waals surface area contributed by atoms with Crippen molar-refractivity contribution in [3.05, 3.63) is 11.1 Å². The molecule has 0 bridgehead atoms. The van der Waals surface area contributed by atoms with E-state index < -0.39 is 0 Å². The monoisotopic (exact) mass is 236 g/mol. The van der Waals surface area contributed by atoms with E-state index in [0.29, 0.717) is 25.1 Å². The number of carbonyl (C=O) groups excluding carboxylic acids is 4. The van der Waals surface area contributed by atoms with Gasteiger partial charge in [0.2, 0.25) is 0 Å². The molecule has 0 heterocycles. The summed E-state index contributed by atoms with van der Waals surface area (Å²) in [7, 11) is 0. The fourth-order valence-corrected chi connectivity index (χ4v) is 0.719. The second-order valence-corrected chi connectivity index (χ2v) is 2.30. The van der Waals surface area contributed by atoms with Crippen molar-refractivity contribution in [3.8, 4) is 47.4 Å². The van der Waals surface area contributed by atoms with Crippen molar-refractivity contribution in [1.29, 1.82) is 0 Å². The molecule has 0 saturated heterocycles. The number of aldehydes is 4. The van der Waals surface area contributed by atoms with Gasteiger partial charge in [0.05, 0.1) is 11.1 Å². The number of hydrogen-bond donors (Lipinski definition) is 0. The molecule has 4 heteroatoms. The van der Waals surface area contributed by atoms with Crippen molar-refractivity contribution >= 4 is 25.1 Å². The molecule has 18 heavy (non-hydrogen) atoms. The zero-order chi connectivity index (χ0) is 13.6. The molecule has 0 aromatic heterocycles. The van der Waals surface area contributed by atoms with Gasteiger partial charge in [0, 0.05) is 0 Å². The van der Waals surface area contributed by atoms with Crippen LogP contribution >= 0.6 is 0 Å². The first-order valence-electron chi connectivity index (χ1n) is 4.35. The van der Waals surface area contributed by atoms with Crippen molar-refractivity contribution in [2.45, 2.75) is 0 Å². The minimum atomic E-state index is -0.0158. The zero-order valence-corrected chi connectivity index (χ0v) is 8.94. The summed E-state index contributed by atoms with van der Waals surface area (Å²) in [6.07, 6.45) is 1.28. The van der Waals surface area contributed by atoms with Crippen molar-refractivity contribution in [2.24, 2.45) is 0 Å². The first kappa shape index (κ1) is 14.7. The summed E-state index contributed by atoms with van der Waals surface area (Å²) in [5.41, 5.74) is -0.0317. The van der Waals surface area contributed by atoms with Crippen LogP contribution in [0.15, 0.2) is 11.1 Å². The van der Waals surface area contributed by atoms with E-state index in [1.165, 1.54) is 0 Å². The second-order valence-electron chi connectivity index (χ2n) is 2.30. The van der Waals surface area contributed by atoms with Crippen molar-refractivity contribution in [3.63, 3.8) is 0 Å². The quantitative estimate of drug-likeness (QED) is 0.403. The predicted molar refractivity (Wildman–Crippen MR) is 62.4 cm³/mol. The first-order chi connectivity index (χ1) is 8.79. The zero-order valence-electron chi connectivity index (χ0n) is 8.94. The third kappa shape index (κ3) is 6.20. The van der Waals surface area contributed by atoms with Crippen LogP contribution in [0, 0.1) is 47.4 Å². The van der Waals surface area contributed by atoms with Crippen LogP contribution in [0.1, 0.15) is 0 Å². The Balaban J connectivity index is 5.95. The van der Waals surface area contributed by atoms with E-state index in [9.17, 15) is 19.2 Å². The maximum Gasteiger partial charge on any atom is 0.193 e. The smallest absolute Gasteiger partial charge is 0.193 e. The molecule has 0 aliphatic heterocycles. The highest BCUT2D eigenvalue weighted by molar-refractivity contribution is 5.82. The average molecular weight is 236 g/mol. The SMILES string of the molecule is O=CC#CC(C#CC=O)=C(C#CC=O)C#CC=O. The van der Waals surface area contributed by atoms with Gasteiger partial charge in [-0.05, 0) is 47.4 Å². The van der Waals surface area contributed by atoms with Crippen LogP contribution in [0.4, 0.5) is 0 Å².